The van der Waals surface area contributed by atoms with Gasteiger partial charge >= 0.3 is 0 Å². The van der Waals surface area contributed by atoms with Crippen molar-refractivity contribution in [2.75, 3.05) is 20.3 Å². The van der Waals surface area contributed by atoms with Crippen LogP contribution < -0.4 is 5.32 Å². The van der Waals surface area contributed by atoms with Crippen molar-refractivity contribution in [3.05, 3.63) is 35.7 Å². The highest BCUT2D eigenvalue weighted by Crippen LogP contribution is 2.16. The quantitative estimate of drug-likeness (QED) is 0.776. The van der Waals surface area contributed by atoms with E-state index in [2.05, 4.69) is 46.8 Å². The molecule has 0 amide bonds. The van der Waals surface area contributed by atoms with E-state index in [1.165, 1.54) is 5.56 Å². The molecule has 2 aromatic rings. The number of benzene rings is 1. The Morgan fingerprint density at radius 2 is 2.00 bits per heavy atom. The number of tetrazole rings is 1. The van der Waals surface area contributed by atoms with E-state index in [1.807, 2.05) is 12.1 Å². The number of hydrogen-bond donors (Lipinski definition) is 1. The smallest absolute Gasteiger partial charge is 0.170 e. The van der Waals surface area contributed by atoms with Gasteiger partial charge in [0.05, 0.1) is 18.8 Å². The third kappa shape index (κ3) is 3.61. The van der Waals surface area contributed by atoms with Gasteiger partial charge in [-0.1, -0.05) is 26.0 Å². The third-order valence-electron chi connectivity index (χ3n) is 3.10. The molecule has 108 valence electrons. The molecule has 1 heterocycles. The molecule has 0 aliphatic carbocycles. The summed E-state index contributed by atoms with van der Waals surface area (Å²) in [6.45, 7) is 6.41. The molecule has 1 aromatic heterocycles. The van der Waals surface area contributed by atoms with Gasteiger partial charge in [0.1, 0.15) is 0 Å². The summed E-state index contributed by atoms with van der Waals surface area (Å²) in [7, 11) is 1.68. The molecule has 0 unspecified atom stereocenters. The van der Waals surface area contributed by atoms with Crippen molar-refractivity contribution >= 4 is 0 Å². The first-order valence-corrected chi connectivity index (χ1v) is 6.79. The van der Waals surface area contributed by atoms with Gasteiger partial charge in [0.25, 0.3) is 0 Å². The van der Waals surface area contributed by atoms with Crippen molar-refractivity contribution in [1.29, 1.82) is 0 Å². The van der Waals surface area contributed by atoms with E-state index in [-0.39, 0.29) is 0 Å². The van der Waals surface area contributed by atoms with E-state index in [0.717, 1.165) is 18.1 Å². The molecule has 0 bridgehead atoms. The Morgan fingerprint density at radius 1 is 1.25 bits per heavy atom. The zero-order valence-corrected chi connectivity index (χ0v) is 12.2. The van der Waals surface area contributed by atoms with Gasteiger partial charge in [-0.3, -0.25) is 0 Å². The lowest BCUT2D eigenvalue weighted by molar-refractivity contribution is 0.199. The fourth-order valence-electron chi connectivity index (χ4n) is 1.89. The predicted molar refractivity (Wildman–Crippen MR) is 76.8 cm³/mol. The molecule has 1 aromatic carbocycles. The molecule has 6 nitrogen and oxygen atoms in total. The van der Waals surface area contributed by atoms with E-state index < -0.39 is 0 Å². The van der Waals surface area contributed by atoms with Crippen LogP contribution in [0.5, 0.6) is 0 Å². The average Bonchev–Trinajstić information content (AvgIpc) is 2.92. The van der Waals surface area contributed by atoms with E-state index in [0.29, 0.717) is 19.1 Å². The van der Waals surface area contributed by atoms with Gasteiger partial charge in [-0.05, 0) is 34.0 Å². The number of aromatic nitrogens is 4. The molecule has 6 heteroatoms. The summed E-state index contributed by atoms with van der Waals surface area (Å²) in [5.74, 6) is 1.31. The van der Waals surface area contributed by atoms with Crippen LogP contribution in [0.3, 0.4) is 0 Å². The number of methoxy groups -OCH3 is 1. The van der Waals surface area contributed by atoms with Crippen LogP contribution in [0.4, 0.5) is 0 Å². The van der Waals surface area contributed by atoms with E-state index in [9.17, 15) is 0 Å². The third-order valence-corrected chi connectivity index (χ3v) is 3.10. The molecule has 0 radical (unpaired) electrons. The fourth-order valence-corrected chi connectivity index (χ4v) is 1.89. The largest absolute Gasteiger partial charge is 0.383 e. The van der Waals surface area contributed by atoms with Crippen LogP contribution in [0.1, 0.15) is 31.2 Å². The van der Waals surface area contributed by atoms with E-state index in [1.54, 1.807) is 11.8 Å². The second kappa shape index (κ2) is 7.12. The van der Waals surface area contributed by atoms with Crippen LogP contribution >= 0.6 is 0 Å². The Bertz CT molecular complexity index is 521. The van der Waals surface area contributed by atoms with Crippen molar-refractivity contribution in [1.82, 2.24) is 25.5 Å². The molecule has 0 saturated carbocycles. The Hall–Kier alpha value is -1.79. The Labute approximate surface area is 119 Å². The standard InChI is InChI=1S/C14H21N5O/c1-11(2)12-4-6-13(7-5-12)19-14(16-17-18-19)10-15-8-9-20-3/h4-7,11,15H,8-10H2,1-3H3. The van der Waals surface area contributed by atoms with Gasteiger partial charge in [0, 0.05) is 13.7 Å². The Balaban J connectivity index is 2.07. The molecule has 0 spiro atoms. The van der Waals surface area contributed by atoms with Crippen LogP contribution in [0, 0.1) is 0 Å². The van der Waals surface area contributed by atoms with Crippen molar-refractivity contribution in [3.8, 4) is 5.69 Å². The highest BCUT2D eigenvalue weighted by Gasteiger charge is 2.08. The SMILES string of the molecule is COCCNCc1nnnn1-c1ccc(C(C)C)cc1. The molecule has 0 aliphatic heterocycles. The molecular weight excluding hydrogens is 254 g/mol. The van der Waals surface area contributed by atoms with E-state index in [4.69, 9.17) is 4.74 Å². The molecule has 20 heavy (non-hydrogen) atoms. The monoisotopic (exact) mass is 275 g/mol. The minimum Gasteiger partial charge on any atom is -0.383 e. The first-order valence-electron chi connectivity index (χ1n) is 6.79. The molecule has 0 fully saturated rings. The summed E-state index contributed by atoms with van der Waals surface area (Å²) in [6.07, 6.45) is 0. The first-order chi connectivity index (χ1) is 9.72. The molecule has 0 saturated heterocycles. The lowest BCUT2D eigenvalue weighted by Gasteiger charge is -2.08. The summed E-state index contributed by atoms with van der Waals surface area (Å²) < 4.78 is 6.74. The van der Waals surface area contributed by atoms with Gasteiger partial charge < -0.3 is 10.1 Å². The Morgan fingerprint density at radius 3 is 2.65 bits per heavy atom. The fraction of sp³-hybridized carbons (Fsp3) is 0.500. The molecule has 0 aliphatic rings. The van der Waals surface area contributed by atoms with Crippen molar-refractivity contribution < 1.29 is 4.74 Å². The maximum absolute atomic E-state index is 4.99. The Kier molecular flexibility index (Phi) is 5.20. The van der Waals surface area contributed by atoms with Crippen LogP contribution in [-0.4, -0.2) is 40.5 Å². The number of nitrogens with one attached hydrogen (secondary N) is 1. The molecule has 0 atom stereocenters. The summed E-state index contributed by atoms with van der Waals surface area (Å²) in [6, 6.07) is 8.32. The van der Waals surface area contributed by atoms with E-state index >= 15 is 0 Å². The number of hydrogen-bond acceptors (Lipinski definition) is 5. The topological polar surface area (TPSA) is 64.9 Å². The minimum absolute atomic E-state index is 0.521. The van der Waals surface area contributed by atoms with Crippen molar-refractivity contribution in [2.24, 2.45) is 0 Å². The summed E-state index contributed by atoms with van der Waals surface area (Å²) in [5.41, 5.74) is 2.28. The van der Waals surface area contributed by atoms with Gasteiger partial charge in [-0.2, -0.15) is 4.68 Å². The summed E-state index contributed by atoms with van der Waals surface area (Å²) in [4.78, 5) is 0. The van der Waals surface area contributed by atoms with Gasteiger partial charge in [0.15, 0.2) is 5.82 Å². The van der Waals surface area contributed by atoms with Gasteiger partial charge in [-0.25, -0.2) is 0 Å². The number of nitrogens with zero attached hydrogens (tertiary/aromatic N) is 4. The average molecular weight is 275 g/mol. The molecule has 2 rings (SSSR count). The van der Waals surface area contributed by atoms with Crippen molar-refractivity contribution in [2.45, 2.75) is 26.3 Å². The lowest BCUT2D eigenvalue weighted by atomic mass is 10.0. The van der Waals surface area contributed by atoms with Crippen LogP contribution in [0.15, 0.2) is 24.3 Å². The normalized spacial score (nSPS) is 11.2. The number of ether oxygens (including phenoxy) is 1. The highest BCUT2D eigenvalue weighted by atomic mass is 16.5. The zero-order valence-electron chi connectivity index (χ0n) is 12.2. The zero-order chi connectivity index (χ0) is 14.4. The molecule has 1 N–H and O–H groups in total. The van der Waals surface area contributed by atoms with Crippen molar-refractivity contribution in [3.63, 3.8) is 0 Å². The summed E-state index contributed by atoms with van der Waals surface area (Å²) in [5, 5.41) is 15.1. The molecular formula is C14H21N5O. The summed E-state index contributed by atoms with van der Waals surface area (Å²) >= 11 is 0. The maximum atomic E-state index is 4.99. The first kappa shape index (κ1) is 14.6. The highest BCUT2D eigenvalue weighted by molar-refractivity contribution is 5.35. The lowest BCUT2D eigenvalue weighted by Crippen LogP contribution is -2.21. The number of rotatable bonds is 7. The predicted octanol–water partition coefficient (Wildman–Crippen LogP) is 1.52. The second-order valence-electron chi connectivity index (χ2n) is 4.92. The van der Waals surface area contributed by atoms with Gasteiger partial charge in [-0.15, -0.1) is 5.10 Å². The second-order valence-corrected chi connectivity index (χ2v) is 4.92. The van der Waals surface area contributed by atoms with Gasteiger partial charge in [0.2, 0.25) is 0 Å². The van der Waals surface area contributed by atoms with Crippen LogP contribution in [0.25, 0.3) is 5.69 Å². The maximum Gasteiger partial charge on any atom is 0.170 e. The minimum atomic E-state index is 0.521. The van der Waals surface area contributed by atoms with Crippen LogP contribution in [-0.2, 0) is 11.3 Å². The van der Waals surface area contributed by atoms with Crippen LogP contribution in [0.2, 0.25) is 0 Å².